The minimum absolute atomic E-state index is 0.0760. The Morgan fingerprint density at radius 3 is 1.82 bits per heavy atom. The van der Waals surface area contributed by atoms with Crippen LogP contribution >= 0.6 is 45.2 Å². The summed E-state index contributed by atoms with van der Waals surface area (Å²) in [4.78, 5) is 0. The number of benzene rings is 2. The van der Waals surface area contributed by atoms with Crippen LogP contribution in [0, 0.1) is 7.14 Å². The summed E-state index contributed by atoms with van der Waals surface area (Å²) in [6.45, 7) is 0. The molecule has 3 heteroatoms. The molecule has 0 bridgehead atoms. The molecule has 0 saturated carbocycles. The lowest BCUT2D eigenvalue weighted by molar-refractivity contribution is 0.721. The van der Waals surface area contributed by atoms with Crippen LogP contribution in [0.5, 0.6) is 0 Å². The second-order valence-corrected chi connectivity index (χ2v) is 6.48. The summed E-state index contributed by atoms with van der Waals surface area (Å²) < 4.78 is 2.50. The molecule has 0 radical (unpaired) electrons. The van der Waals surface area contributed by atoms with Crippen molar-refractivity contribution in [2.75, 3.05) is 0 Å². The Morgan fingerprint density at radius 2 is 1.29 bits per heavy atom. The molecule has 1 atom stereocenters. The molecule has 0 aliphatic carbocycles. The second kappa shape index (κ2) is 6.15. The van der Waals surface area contributed by atoms with E-state index in [1.165, 1.54) is 18.3 Å². The van der Waals surface area contributed by atoms with E-state index in [0.29, 0.717) is 0 Å². The van der Waals surface area contributed by atoms with E-state index in [4.69, 9.17) is 5.73 Å². The third kappa shape index (κ3) is 3.93. The van der Waals surface area contributed by atoms with Gasteiger partial charge in [-0.05, 0) is 87.0 Å². The monoisotopic (exact) mass is 449 g/mol. The van der Waals surface area contributed by atoms with Crippen LogP contribution in [0.25, 0.3) is 0 Å². The zero-order chi connectivity index (χ0) is 12.3. The Bertz CT molecular complexity index is 477. The van der Waals surface area contributed by atoms with Crippen LogP contribution in [0.4, 0.5) is 0 Å². The molecule has 2 aromatic carbocycles. The lowest BCUT2D eigenvalue weighted by atomic mass is 10.00. The van der Waals surface area contributed by atoms with Crippen molar-refractivity contribution in [1.29, 1.82) is 0 Å². The maximum atomic E-state index is 6.21. The van der Waals surface area contributed by atoms with Crippen LogP contribution in [0.1, 0.15) is 17.2 Å². The molecule has 0 aliphatic heterocycles. The van der Waals surface area contributed by atoms with Gasteiger partial charge in [-0.1, -0.05) is 24.3 Å². The van der Waals surface area contributed by atoms with Gasteiger partial charge in [0.25, 0.3) is 0 Å². The van der Waals surface area contributed by atoms with Crippen molar-refractivity contribution in [2.24, 2.45) is 5.73 Å². The van der Waals surface area contributed by atoms with Crippen molar-refractivity contribution in [3.05, 3.63) is 66.8 Å². The molecule has 2 N–H and O–H groups in total. The van der Waals surface area contributed by atoms with Crippen molar-refractivity contribution in [3.63, 3.8) is 0 Å². The van der Waals surface area contributed by atoms with Crippen LogP contribution in [-0.4, -0.2) is 0 Å². The van der Waals surface area contributed by atoms with Crippen molar-refractivity contribution in [3.8, 4) is 0 Å². The first kappa shape index (κ1) is 13.3. The third-order valence-electron chi connectivity index (χ3n) is 2.67. The summed E-state index contributed by atoms with van der Waals surface area (Å²) in [6.07, 6.45) is 0.886. The van der Waals surface area contributed by atoms with Crippen LogP contribution in [-0.2, 0) is 6.42 Å². The molecular formula is C14H13I2N. The van der Waals surface area contributed by atoms with Gasteiger partial charge in [-0.15, -0.1) is 0 Å². The third-order valence-corrected chi connectivity index (χ3v) is 4.11. The predicted molar refractivity (Wildman–Crippen MR) is 89.0 cm³/mol. The Labute approximate surface area is 129 Å². The Kier molecular flexibility index (Phi) is 4.81. The van der Waals surface area contributed by atoms with Gasteiger partial charge in [-0.2, -0.15) is 0 Å². The van der Waals surface area contributed by atoms with E-state index in [9.17, 15) is 0 Å². The maximum absolute atomic E-state index is 6.21. The summed E-state index contributed by atoms with van der Waals surface area (Å²) in [7, 11) is 0. The first-order valence-corrected chi connectivity index (χ1v) is 7.56. The number of hydrogen-bond donors (Lipinski definition) is 1. The highest BCUT2D eigenvalue weighted by Gasteiger charge is 2.06. The molecule has 1 unspecified atom stereocenters. The van der Waals surface area contributed by atoms with Gasteiger partial charge in [0.1, 0.15) is 0 Å². The highest BCUT2D eigenvalue weighted by molar-refractivity contribution is 14.1. The van der Waals surface area contributed by atoms with Crippen LogP contribution < -0.4 is 5.73 Å². The average molecular weight is 449 g/mol. The summed E-state index contributed by atoms with van der Waals surface area (Å²) in [5.74, 6) is 0. The van der Waals surface area contributed by atoms with Crippen molar-refractivity contribution in [1.82, 2.24) is 0 Å². The fourth-order valence-corrected chi connectivity index (χ4v) is 2.42. The molecule has 88 valence electrons. The number of halogens is 2. The van der Waals surface area contributed by atoms with Gasteiger partial charge in [-0.25, -0.2) is 0 Å². The van der Waals surface area contributed by atoms with Gasteiger partial charge in [0.2, 0.25) is 0 Å². The molecule has 2 rings (SSSR count). The maximum Gasteiger partial charge on any atom is 0.0335 e. The largest absolute Gasteiger partial charge is 0.324 e. The number of hydrogen-bond acceptors (Lipinski definition) is 1. The van der Waals surface area contributed by atoms with Crippen molar-refractivity contribution >= 4 is 45.2 Å². The van der Waals surface area contributed by atoms with Gasteiger partial charge >= 0.3 is 0 Å². The molecule has 2 aromatic rings. The fourth-order valence-electron chi connectivity index (χ4n) is 1.70. The highest BCUT2D eigenvalue weighted by Crippen LogP contribution is 2.18. The number of rotatable bonds is 3. The number of nitrogens with two attached hydrogens (primary N) is 1. The zero-order valence-corrected chi connectivity index (χ0v) is 13.6. The minimum Gasteiger partial charge on any atom is -0.324 e. The van der Waals surface area contributed by atoms with Crippen molar-refractivity contribution < 1.29 is 0 Å². The zero-order valence-electron chi connectivity index (χ0n) is 9.24. The lowest BCUT2D eigenvalue weighted by Gasteiger charge is -2.12. The molecule has 0 fully saturated rings. The van der Waals surface area contributed by atoms with Gasteiger partial charge in [0.15, 0.2) is 0 Å². The Balaban J connectivity index is 2.08. The van der Waals surface area contributed by atoms with Gasteiger partial charge in [-0.3, -0.25) is 0 Å². The topological polar surface area (TPSA) is 26.0 Å². The highest BCUT2D eigenvalue weighted by atomic mass is 127. The standard InChI is InChI=1S/C14H13I2N/c15-12-5-1-10(2-6-12)9-14(17)11-3-7-13(16)8-4-11/h1-8,14H,9,17H2. The second-order valence-electron chi connectivity index (χ2n) is 3.99. The normalized spacial score (nSPS) is 12.4. The van der Waals surface area contributed by atoms with E-state index in [-0.39, 0.29) is 6.04 Å². The van der Waals surface area contributed by atoms with E-state index in [0.717, 1.165) is 6.42 Å². The van der Waals surface area contributed by atoms with E-state index in [1.807, 2.05) is 0 Å². The molecule has 0 aromatic heterocycles. The summed E-state index contributed by atoms with van der Waals surface area (Å²) in [5, 5.41) is 0. The molecular weight excluding hydrogens is 436 g/mol. The first-order chi connectivity index (χ1) is 8.15. The van der Waals surface area contributed by atoms with E-state index in [2.05, 4.69) is 93.7 Å². The molecule has 0 amide bonds. The Hall–Kier alpha value is -0.140. The molecule has 17 heavy (non-hydrogen) atoms. The molecule has 0 spiro atoms. The van der Waals surface area contributed by atoms with Crippen molar-refractivity contribution in [2.45, 2.75) is 12.5 Å². The molecule has 0 saturated heterocycles. The van der Waals surface area contributed by atoms with Gasteiger partial charge < -0.3 is 5.73 Å². The lowest BCUT2D eigenvalue weighted by Crippen LogP contribution is -2.13. The SMILES string of the molecule is NC(Cc1ccc(I)cc1)c1ccc(I)cc1. The average Bonchev–Trinajstić information content (AvgIpc) is 2.33. The van der Waals surface area contributed by atoms with E-state index in [1.54, 1.807) is 0 Å². The predicted octanol–water partition coefficient (Wildman–Crippen LogP) is 4.14. The van der Waals surface area contributed by atoms with Crippen LogP contribution in [0.3, 0.4) is 0 Å². The van der Waals surface area contributed by atoms with E-state index >= 15 is 0 Å². The van der Waals surface area contributed by atoms with E-state index < -0.39 is 0 Å². The summed E-state index contributed by atoms with van der Waals surface area (Å²) in [6, 6.07) is 17.0. The smallest absolute Gasteiger partial charge is 0.0335 e. The van der Waals surface area contributed by atoms with Gasteiger partial charge in [0.05, 0.1) is 0 Å². The van der Waals surface area contributed by atoms with Crippen LogP contribution in [0.2, 0.25) is 0 Å². The Morgan fingerprint density at radius 1 is 0.824 bits per heavy atom. The van der Waals surface area contributed by atoms with Gasteiger partial charge in [0, 0.05) is 13.2 Å². The minimum atomic E-state index is 0.0760. The quantitative estimate of drug-likeness (QED) is 0.701. The molecule has 0 aliphatic rings. The summed E-state index contributed by atoms with van der Waals surface area (Å²) in [5.41, 5.74) is 8.70. The van der Waals surface area contributed by atoms with Crippen LogP contribution in [0.15, 0.2) is 48.5 Å². The fraction of sp³-hybridized carbons (Fsp3) is 0.143. The molecule has 0 heterocycles. The molecule has 1 nitrogen and oxygen atoms in total. The summed E-state index contributed by atoms with van der Waals surface area (Å²) >= 11 is 4.62. The first-order valence-electron chi connectivity index (χ1n) is 5.40.